The molecule has 0 saturated carbocycles. The van der Waals surface area contributed by atoms with E-state index in [4.69, 9.17) is 0 Å². The highest BCUT2D eigenvalue weighted by Crippen LogP contribution is 2.10. The van der Waals surface area contributed by atoms with Gasteiger partial charge in [0.15, 0.2) is 0 Å². The zero-order valence-corrected chi connectivity index (χ0v) is 11.2. The molecule has 0 radical (unpaired) electrons. The summed E-state index contributed by atoms with van der Waals surface area (Å²) in [5, 5.41) is 8.73. The Hall–Kier alpha value is -0.850. The van der Waals surface area contributed by atoms with Gasteiger partial charge in [-0.3, -0.25) is 9.36 Å². The molecule has 0 unspecified atom stereocenters. The van der Waals surface area contributed by atoms with Crippen LogP contribution in [0.1, 0.15) is 17.0 Å². The summed E-state index contributed by atoms with van der Waals surface area (Å²) in [6.07, 6.45) is 2.06. The zero-order chi connectivity index (χ0) is 11.0. The van der Waals surface area contributed by atoms with Gasteiger partial charge in [-0.15, -0.1) is 0 Å². The maximum atomic E-state index is 4.42. The Morgan fingerprint density at radius 1 is 1.33 bits per heavy atom. The minimum absolute atomic E-state index is 0.779. The average molecular weight is 316 g/mol. The molecular weight excluding hydrogens is 303 g/mol. The minimum atomic E-state index is 0.779. The Bertz CT molecular complexity index is 464. The first-order valence-corrected chi connectivity index (χ1v) is 5.83. The summed E-state index contributed by atoms with van der Waals surface area (Å²) in [6.45, 7) is 4.85. The number of nitrogens with zero attached hydrogens (tertiary/aromatic N) is 4. The standard InChI is InChI=1S/C10H13IN4/c1-7-5-15(13-10(7)11)6-9-4-8(2)12-14(9)3/h4-5H,6H2,1-3H3. The van der Waals surface area contributed by atoms with Crippen LogP contribution in [0.25, 0.3) is 0 Å². The molecule has 0 spiro atoms. The van der Waals surface area contributed by atoms with E-state index in [2.05, 4.69) is 52.0 Å². The molecule has 0 bridgehead atoms. The Kier molecular flexibility index (Phi) is 2.81. The lowest BCUT2D eigenvalue weighted by Crippen LogP contribution is -2.06. The third kappa shape index (κ3) is 2.22. The SMILES string of the molecule is Cc1cc(Cn2cc(C)c(I)n2)n(C)n1. The van der Waals surface area contributed by atoms with E-state index in [1.807, 2.05) is 23.3 Å². The van der Waals surface area contributed by atoms with E-state index in [1.165, 1.54) is 11.3 Å². The van der Waals surface area contributed by atoms with E-state index < -0.39 is 0 Å². The average Bonchev–Trinajstić information content (AvgIpc) is 2.59. The molecule has 2 aromatic heterocycles. The van der Waals surface area contributed by atoms with Crippen molar-refractivity contribution in [3.05, 3.63) is 32.9 Å². The van der Waals surface area contributed by atoms with Crippen molar-refractivity contribution in [3.8, 4) is 0 Å². The maximum Gasteiger partial charge on any atom is 0.126 e. The fraction of sp³-hybridized carbons (Fsp3) is 0.400. The molecule has 0 amide bonds. The molecule has 0 aliphatic rings. The number of halogens is 1. The summed E-state index contributed by atoms with van der Waals surface area (Å²) in [4.78, 5) is 0. The van der Waals surface area contributed by atoms with Gasteiger partial charge in [0.1, 0.15) is 3.70 Å². The van der Waals surface area contributed by atoms with Crippen molar-refractivity contribution < 1.29 is 0 Å². The third-order valence-corrected chi connectivity index (χ3v) is 3.37. The van der Waals surface area contributed by atoms with Crippen LogP contribution in [0.2, 0.25) is 0 Å². The second-order valence-corrected chi connectivity index (χ2v) is 4.72. The lowest BCUT2D eigenvalue weighted by atomic mass is 10.3. The summed E-state index contributed by atoms with van der Waals surface area (Å²) in [5.74, 6) is 0. The normalized spacial score (nSPS) is 10.9. The molecule has 0 aromatic carbocycles. The first-order chi connectivity index (χ1) is 7.06. The van der Waals surface area contributed by atoms with Crippen LogP contribution in [0.3, 0.4) is 0 Å². The molecule has 0 aliphatic heterocycles. The van der Waals surface area contributed by atoms with E-state index >= 15 is 0 Å². The number of aromatic nitrogens is 4. The highest BCUT2D eigenvalue weighted by Gasteiger charge is 2.05. The van der Waals surface area contributed by atoms with Crippen molar-refractivity contribution in [2.45, 2.75) is 20.4 Å². The molecule has 2 rings (SSSR count). The van der Waals surface area contributed by atoms with E-state index in [-0.39, 0.29) is 0 Å². The van der Waals surface area contributed by atoms with Gasteiger partial charge >= 0.3 is 0 Å². The summed E-state index contributed by atoms with van der Waals surface area (Å²) < 4.78 is 4.92. The van der Waals surface area contributed by atoms with Gasteiger partial charge in [-0.05, 0) is 42.5 Å². The monoisotopic (exact) mass is 316 g/mol. The molecule has 80 valence electrons. The number of hydrogen-bond acceptors (Lipinski definition) is 2. The largest absolute Gasteiger partial charge is 0.270 e. The topological polar surface area (TPSA) is 35.6 Å². The molecule has 4 nitrogen and oxygen atoms in total. The smallest absolute Gasteiger partial charge is 0.126 e. The summed E-state index contributed by atoms with van der Waals surface area (Å²) in [6, 6.07) is 2.09. The van der Waals surface area contributed by atoms with Gasteiger partial charge in [0, 0.05) is 18.8 Å². The lowest BCUT2D eigenvalue weighted by molar-refractivity contribution is 0.616. The molecule has 0 atom stereocenters. The highest BCUT2D eigenvalue weighted by molar-refractivity contribution is 14.1. The predicted octanol–water partition coefficient (Wildman–Crippen LogP) is 1.89. The first-order valence-electron chi connectivity index (χ1n) is 4.75. The molecule has 0 aliphatic carbocycles. The highest BCUT2D eigenvalue weighted by atomic mass is 127. The van der Waals surface area contributed by atoms with Gasteiger partial charge in [-0.2, -0.15) is 10.2 Å². The van der Waals surface area contributed by atoms with Gasteiger partial charge in [-0.25, -0.2) is 0 Å². The van der Waals surface area contributed by atoms with Gasteiger partial charge in [0.2, 0.25) is 0 Å². The van der Waals surface area contributed by atoms with E-state index in [9.17, 15) is 0 Å². The van der Waals surface area contributed by atoms with Crippen molar-refractivity contribution in [1.82, 2.24) is 19.6 Å². The molecule has 0 saturated heterocycles. The van der Waals surface area contributed by atoms with Crippen LogP contribution in [-0.2, 0) is 13.6 Å². The summed E-state index contributed by atoms with van der Waals surface area (Å²) >= 11 is 2.25. The molecule has 2 heterocycles. The van der Waals surface area contributed by atoms with Crippen LogP contribution in [0, 0.1) is 17.5 Å². The maximum absolute atomic E-state index is 4.42. The molecule has 2 aromatic rings. The minimum Gasteiger partial charge on any atom is -0.270 e. The zero-order valence-electron chi connectivity index (χ0n) is 9.03. The van der Waals surface area contributed by atoms with Crippen molar-refractivity contribution in [2.24, 2.45) is 7.05 Å². The third-order valence-electron chi connectivity index (χ3n) is 2.31. The number of hydrogen-bond donors (Lipinski definition) is 0. The van der Waals surface area contributed by atoms with Crippen LogP contribution in [0.15, 0.2) is 12.3 Å². The molecule has 15 heavy (non-hydrogen) atoms. The fourth-order valence-electron chi connectivity index (χ4n) is 1.56. The predicted molar refractivity (Wildman–Crippen MR) is 66.7 cm³/mol. The van der Waals surface area contributed by atoms with Gasteiger partial charge < -0.3 is 0 Å². The van der Waals surface area contributed by atoms with Crippen molar-refractivity contribution >= 4 is 22.6 Å². The quantitative estimate of drug-likeness (QED) is 0.793. The lowest BCUT2D eigenvalue weighted by Gasteiger charge is -2.01. The Morgan fingerprint density at radius 3 is 2.53 bits per heavy atom. The van der Waals surface area contributed by atoms with Crippen LogP contribution in [0.4, 0.5) is 0 Å². The second-order valence-electron chi connectivity index (χ2n) is 3.70. The summed E-state index contributed by atoms with van der Waals surface area (Å²) in [7, 11) is 1.96. The molecule has 0 N–H and O–H groups in total. The molecule has 5 heteroatoms. The second kappa shape index (κ2) is 3.96. The first kappa shape index (κ1) is 10.7. The van der Waals surface area contributed by atoms with Crippen LogP contribution in [-0.4, -0.2) is 19.6 Å². The van der Waals surface area contributed by atoms with Crippen molar-refractivity contribution in [2.75, 3.05) is 0 Å². The van der Waals surface area contributed by atoms with Gasteiger partial charge in [-0.1, -0.05) is 0 Å². The van der Waals surface area contributed by atoms with E-state index in [1.54, 1.807) is 0 Å². The van der Waals surface area contributed by atoms with Crippen LogP contribution in [0.5, 0.6) is 0 Å². The molecular formula is C10H13IN4. The van der Waals surface area contributed by atoms with Crippen LogP contribution < -0.4 is 0 Å². The Balaban J connectivity index is 2.25. The summed E-state index contributed by atoms with van der Waals surface area (Å²) in [5.41, 5.74) is 3.44. The van der Waals surface area contributed by atoms with E-state index in [0.29, 0.717) is 0 Å². The van der Waals surface area contributed by atoms with Gasteiger partial charge in [0.25, 0.3) is 0 Å². The van der Waals surface area contributed by atoms with Gasteiger partial charge in [0.05, 0.1) is 17.9 Å². The van der Waals surface area contributed by atoms with E-state index in [0.717, 1.165) is 15.9 Å². The number of aryl methyl sites for hydroxylation is 3. The Labute approximate surface area is 102 Å². The van der Waals surface area contributed by atoms with Crippen molar-refractivity contribution in [1.29, 1.82) is 0 Å². The fourth-order valence-corrected chi connectivity index (χ4v) is 1.97. The molecule has 0 fully saturated rings. The Morgan fingerprint density at radius 2 is 2.07 bits per heavy atom. The van der Waals surface area contributed by atoms with Crippen molar-refractivity contribution in [3.63, 3.8) is 0 Å². The number of rotatable bonds is 2. The van der Waals surface area contributed by atoms with Crippen LogP contribution >= 0.6 is 22.6 Å².